The van der Waals surface area contributed by atoms with E-state index in [4.69, 9.17) is 0 Å². The van der Waals surface area contributed by atoms with Gasteiger partial charge in [0, 0.05) is 10.8 Å². The molecule has 6 nitrogen and oxygen atoms in total. The van der Waals surface area contributed by atoms with Crippen molar-refractivity contribution < 1.29 is 10.2 Å². The molecule has 16 heavy (non-hydrogen) atoms. The van der Waals surface area contributed by atoms with E-state index >= 15 is 0 Å². The minimum atomic E-state index is -0.710. The second-order valence-electron chi connectivity index (χ2n) is 3.12. The first kappa shape index (κ1) is 10.0. The van der Waals surface area contributed by atoms with Gasteiger partial charge in [0.2, 0.25) is 0 Å². The predicted molar refractivity (Wildman–Crippen MR) is 56.0 cm³/mol. The molecule has 0 spiro atoms. The molecule has 0 unspecified atom stereocenters. The molecule has 0 atom stereocenters. The molecule has 80 valence electrons. The van der Waals surface area contributed by atoms with E-state index in [1.807, 2.05) is 0 Å². The van der Waals surface area contributed by atoms with Gasteiger partial charge in [-0.1, -0.05) is 5.75 Å². The maximum atomic E-state index is 11.7. The van der Waals surface area contributed by atoms with Crippen molar-refractivity contribution in [3.8, 4) is 11.5 Å². The predicted octanol–water partition coefficient (Wildman–Crippen LogP) is 2.41. The Balaban J connectivity index is 2.99. The standard InChI is InChI=1S/C10H6N2O4/c13-8-4-3-6(11-15)9-5(8)1-2-7(12-16)10(9)14/h1-4,13-14H/p-1. The van der Waals surface area contributed by atoms with Crippen molar-refractivity contribution in [1.29, 1.82) is 0 Å². The van der Waals surface area contributed by atoms with Gasteiger partial charge in [-0.15, -0.1) is 9.81 Å². The van der Waals surface area contributed by atoms with E-state index in [9.17, 15) is 20.0 Å². The van der Waals surface area contributed by atoms with Crippen LogP contribution >= 0.6 is 0 Å². The van der Waals surface area contributed by atoms with Gasteiger partial charge in [-0.2, -0.15) is 0 Å². The van der Waals surface area contributed by atoms with E-state index in [1.165, 1.54) is 24.3 Å². The molecular formula is C10H5N2O4-. The summed E-state index contributed by atoms with van der Waals surface area (Å²) in [7, 11) is 0. The monoisotopic (exact) mass is 217 g/mol. The molecule has 0 saturated carbocycles. The fraction of sp³-hybridized carbons (Fsp3) is 0. The summed E-state index contributed by atoms with van der Waals surface area (Å²) in [6.45, 7) is 0. The molecule has 0 aromatic heterocycles. The lowest BCUT2D eigenvalue weighted by atomic mass is 10.1. The van der Waals surface area contributed by atoms with Crippen molar-refractivity contribution in [1.82, 2.24) is 0 Å². The molecule has 0 radical (unpaired) electrons. The van der Waals surface area contributed by atoms with Gasteiger partial charge in [0.05, 0.1) is 0 Å². The molecule has 2 aromatic rings. The summed E-state index contributed by atoms with van der Waals surface area (Å²) in [6, 6.07) is 5.00. The summed E-state index contributed by atoms with van der Waals surface area (Å²) in [6.07, 6.45) is 0. The highest BCUT2D eigenvalue weighted by Gasteiger charge is 2.09. The van der Waals surface area contributed by atoms with Crippen molar-refractivity contribution >= 4 is 22.1 Å². The fourth-order valence-electron chi connectivity index (χ4n) is 1.52. The number of benzene rings is 2. The van der Waals surface area contributed by atoms with E-state index in [2.05, 4.69) is 10.4 Å². The largest absolute Gasteiger partial charge is 0.870 e. The lowest BCUT2D eigenvalue weighted by molar-refractivity contribution is -0.264. The van der Waals surface area contributed by atoms with Crippen LogP contribution < -0.4 is 5.11 Å². The minimum Gasteiger partial charge on any atom is -0.870 e. The number of aromatic hydroxyl groups is 1. The Bertz CT molecular complexity index is 595. The molecule has 0 amide bonds. The molecule has 1 N–H and O–H groups in total. The minimum absolute atomic E-state index is 0.0906. The SMILES string of the molecule is O=Nc1ccc2c(O)ccc(N=O)c2c1[O-]. The van der Waals surface area contributed by atoms with Crippen LogP contribution in [0.2, 0.25) is 0 Å². The average molecular weight is 217 g/mol. The third-order valence-electron chi connectivity index (χ3n) is 2.26. The van der Waals surface area contributed by atoms with E-state index in [1.54, 1.807) is 0 Å². The quantitative estimate of drug-likeness (QED) is 0.780. The molecule has 0 aliphatic carbocycles. The smallest absolute Gasteiger partial charge is 0.123 e. The van der Waals surface area contributed by atoms with Crippen molar-refractivity contribution in [3.63, 3.8) is 0 Å². The zero-order valence-electron chi connectivity index (χ0n) is 7.88. The normalized spacial score (nSPS) is 10.2. The van der Waals surface area contributed by atoms with Crippen LogP contribution in [0, 0.1) is 9.81 Å². The fourth-order valence-corrected chi connectivity index (χ4v) is 1.52. The van der Waals surface area contributed by atoms with Gasteiger partial charge >= 0.3 is 0 Å². The highest BCUT2D eigenvalue weighted by atomic mass is 16.3. The van der Waals surface area contributed by atoms with Crippen molar-refractivity contribution in [2.24, 2.45) is 10.4 Å². The van der Waals surface area contributed by atoms with Crippen molar-refractivity contribution in [3.05, 3.63) is 34.1 Å². The third-order valence-corrected chi connectivity index (χ3v) is 2.26. The average Bonchev–Trinajstić information content (AvgIpc) is 2.31. The van der Waals surface area contributed by atoms with E-state index in [0.29, 0.717) is 0 Å². The number of nitroso groups, excluding NO2 is 2. The van der Waals surface area contributed by atoms with Crippen LogP contribution in [0.15, 0.2) is 34.6 Å². The summed E-state index contributed by atoms with van der Waals surface area (Å²) in [5, 5.41) is 26.5. The molecule has 0 aliphatic rings. The van der Waals surface area contributed by atoms with E-state index in [-0.39, 0.29) is 27.9 Å². The highest BCUT2D eigenvalue weighted by Crippen LogP contribution is 2.41. The van der Waals surface area contributed by atoms with Crippen LogP contribution in [0.1, 0.15) is 0 Å². The van der Waals surface area contributed by atoms with Crippen LogP contribution in [0.3, 0.4) is 0 Å². The van der Waals surface area contributed by atoms with E-state index < -0.39 is 5.75 Å². The van der Waals surface area contributed by atoms with Crippen LogP contribution in [-0.2, 0) is 0 Å². The first-order valence-electron chi connectivity index (χ1n) is 4.31. The number of hydrogen-bond donors (Lipinski definition) is 1. The molecular weight excluding hydrogens is 212 g/mol. The molecule has 0 heterocycles. The zero-order chi connectivity index (χ0) is 11.7. The van der Waals surface area contributed by atoms with Crippen LogP contribution in [0.5, 0.6) is 11.5 Å². The Morgan fingerprint density at radius 3 is 2.25 bits per heavy atom. The van der Waals surface area contributed by atoms with Crippen LogP contribution in [0.4, 0.5) is 11.4 Å². The summed E-state index contributed by atoms with van der Waals surface area (Å²) in [5.41, 5.74) is -0.439. The first-order chi connectivity index (χ1) is 7.69. The first-order valence-corrected chi connectivity index (χ1v) is 4.31. The number of phenolic OH excluding ortho intramolecular Hbond substituents is 1. The van der Waals surface area contributed by atoms with Gasteiger partial charge in [0.1, 0.15) is 17.1 Å². The van der Waals surface area contributed by atoms with Crippen molar-refractivity contribution in [2.45, 2.75) is 0 Å². The molecule has 2 aromatic carbocycles. The Morgan fingerprint density at radius 2 is 1.62 bits per heavy atom. The Hall–Kier alpha value is -2.50. The molecule has 2 rings (SSSR count). The van der Waals surface area contributed by atoms with E-state index in [0.717, 1.165) is 0 Å². The summed E-state index contributed by atoms with van der Waals surface area (Å²) < 4.78 is 0. The number of phenols is 1. The third kappa shape index (κ3) is 1.28. The second-order valence-corrected chi connectivity index (χ2v) is 3.12. The Morgan fingerprint density at radius 1 is 1.00 bits per heavy atom. The number of nitrogens with zero attached hydrogens (tertiary/aromatic N) is 2. The van der Waals surface area contributed by atoms with Gasteiger partial charge < -0.3 is 10.2 Å². The highest BCUT2D eigenvalue weighted by molar-refractivity contribution is 6.03. The molecule has 0 aliphatic heterocycles. The summed E-state index contributed by atoms with van der Waals surface area (Å²) >= 11 is 0. The topological polar surface area (TPSA) is 102 Å². The van der Waals surface area contributed by atoms with Crippen LogP contribution in [0.25, 0.3) is 10.8 Å². The summed E-state index contributed by atoms with van der Waals surface area (Å²) in [4.78, 5) is 20.8. The van der Waals surface area contributed by atoms with Gasteiger partial charge in [0.15, 0.2) is 0 Å². The molecule has 6 heteroatoms. The number of fused-ring (bicyclic) bond motifs is 1. The number of hydrogen-bond acceptors (Lipinski definition) is 6. The van der Waals surface area contributed by atoms with Gasteiger partial charge in [-0.05, 0) is 34.6 Å². The summed E-state index contributed by atoms with van der Waals surface area (Å²) in [5.74, 6) is -0.866. The molecule has 0 fully saturated rings. The zero-order valence-corrected chi connectivity index (χ0v) is 7.88. The maximum absolute atomic E-state index is 11.7. The maximum Gasteiger partial charge on any atom is 0.123 e. The number of rotatable bonds is 2. The van der Waals surface area contributed by atoms with Gasteiger partial charge in [0.25, 0.3) is 0 Å². The Kier molecular flexibility index (Phi) is 2.24. The second kappa shape index (κ2) is 3.58. The van der Waals surface area contributed by atoms with Crippen LogP contribution in [-0.4, -0.2) is 5.11 Å². The van der Waals surface area contributed by atoms with Gasteiger partial charge in [-0.25, -0.2) is 0 Å². The van der Waals surface area contributed by atoms with Gasteiger partial charge in [-0.3, -0.25) is 0 Å². The lowest BCUT2D eigenvalue weighted by Crippen LogP contribution is -1.92. The van der Waals surface area contributed by atoms with Crippen molar-refractivity contribution in [2.75, 3.05) is 0 Å². The molecule has 0 bridgehead atoms. The lowest BCUT2D eigenvalue weighted by Gasteiger charge is -2.13. The Labute approximate surface area is 89.1 Å². The molecule has 0 saturated heterocycles.